The number of nitrogens with zero attached hydrogens (tertiary/aromatic N) is 2. The number of aliphatic hydroxyl groups is 1. The van der Waals surface area contributed by atoms with Crippen LogP contribution in [0.3, 0.4) is 0 Å². The molecule has 4 rings (SSSR count). The number of ether oxygens (including phenoxy) is 1. The highest BCUT2D eigenvalue weighted by atomic mass is 19.1. The van der Waals surface area contributed by atoms with Crippen molar-refractivity contribution in [1.82, 2.24) is 20.2 Å². The third-order valence-electron chi connectivity index (χ3n) is 4.56. The van der Waals surface area contributed by atoms with E-state index in [9.17, 15) is 14.3 Å². The van der Waals surface area contributed by atoms with Crippen LogP contribution in [0.1, 0.15) is 19.4 Å². The van der Waals surface area contributed by atoms with E-state index in [-0.39, 0.29) is 17.8 Å². The number of H-pyrrole nitrogens is 2. The quantitative estimate of drug-likeness (QED) is 0.419. The van der Waals surface area contributed by atoms with Gasteiger partial charge in [-0.25, -0.2) is 9.37 Å². The lowest BCUT2D eigenvalue weighted by Gasteiger charge is -2.19. The van der Waals surface area contributed by atoms with E-state index in [1.54, 1.807) is 26.8 Å². The van der Waals surface area contributed by atoms with E-state index in [0.29, 0.717) is 39.0 Å². The molecule has 0 aliphatic heterocycles. The van der Waals surface area contributed by atoms with Crippen molar-refractivity contribution in [3.05, 3.63) is 46.1 Å². The van der Waals surface area contributed by atoms with Crippen molar-refractivity contribution in [3.8, 4) is 17.0 Å². The van der Waals surface area contributed by atoms with Gasteiger partial charge in [0.15, 0.2) is 0 Å². The zero-order chi connectivity index (χ0) is 20.9. The Morgan fingerprint density at radius 3 is 2.83 bits per heavy atom. The number of aryl methyl sites for hydroxylation is 1. The van der Waals surface area contributed by atoms with Gasteiger partial charge in [0.1, 0.15) is 29.1 Å². The summed E-state index contributed by atoms with van der Waals surface area (Å²) in [4.78, 5) is 19.7. The van der Waals surface area contributed by atoms with E-state index < -0.39 is 17.0 Å². The molecule has 1 aromatic carbocycles. The number of nitrogens with two attached hydrogens (primary N) is 1. The number of hydrogen-bond acceptors (Lipinski definition) is 6. The molecule has 0 fully saturated rings. The molecule has 3 heterocycles. The highest BCUT2D eigenvalue weighted by molar-refractivity contribution is 6.06. The van der Waals surface area contributed by atoms with Gasteiger partial charge in [-0.1, -0.05) is 6.07 Å². The molecule has 3 aromatic heterocycles. The minimum absolute atomic E-state index is 0.0308. The molecule has 5 N–H and O–H groups in total. The number of pyridine rings is 2. The molecule has 29 heavy (non-hydrogen) atoms. The van der Waals surface area contributed by atoms with E-state index in [2.05, 4.69) is 20.2 Å². The lowest BCUT2D eigenvalue weighted by Crippen LogP contribution is -2.28. The molecule has 0 unspecified atom stereocenters. The van der Waals surface area contributed by atoms with Gasteiger partial charge in [-0.3, -0.25) is 9.89 Å². The van der Waals surface area contributed by atoms with Gasteiger partial charge in [-0.05, 0) is 38.5 Å². The summed E-state index contributed by atoms with van der Waals surface area (Å²) >= 11 is 0. The minimum Gasteiger partial charge on any atom is -0.474 e. The van der Waals surface area contributed by atoms with Crippen molar-refractivity contribution < 1.29 is 14.2 Å². The van der Waals surface area contributed by atoms with Crippen LogP contribution < -0.4 is 16.0 Å². The fraction of sp³-hybridized carbons (Fsp3) is 0.250. The third-order valence-corrected chi connectivity index (χ3v) is 4.56. The van der Waals surface area contributed by atoms with Crippen LogP contribution in [-0.4, -0.2) is 37.5 Å². The highest BCUT2D eigenvalue weighted by Crippen LogP contribution is 2.36. The molecule has 4 aromatic rings. The molecule has 9 heteroatoms. The Labute approximate surface area is 164 Å². The Hall–Kier alpha value is -3.46. The van der Waals surface area contributed by atoms with Gasteiger partial charge in [-0.15, -0.1) is 0 Å². The Balaban J connectivity index is 2.01. The van der Waals surface area contributed by atoms with Crippen LogP contribution in [0.25, 0.3) is 33.1 Å². The number of rotatable bonds is 4. The molecule has 150 valence electrons. The zero-order valence-corrected chi connectivity index (χ0v) is 16.1. The first-order valence-corrected chi connectivity index (χ1v) is 8.96. The Morgan fingerprint density at radius 2 is 2.10 bits per heavy atom. The second kappa shape index (κ2) is 6.56. The lowest BCUT2D eigenvalue weighted by atomic mass is 9.99. The molecule has 0 aliphatic carbocycles. The van der Waals surface area contributed by atoms with Crippen molar-refractivity contribution in [2.45, 2.75) is 26.4 Å². The smallest absolute Gasteiger partial charge is 0.272 e. The number of aromatic amines is 2. The SMILES string of the molecule is Cc1cc2[nH]c(=O)c(N)c(-c3ccc(F)c4[nH]ncc34)c2nc1OCC(C)(C)O. The first-order valence-electron chi connectivity index (χ1n) is 8.96. The summed E-state index contributed by atoms with van der Waals surface area (Å²) in [5.74, 6) is -0.162. The van der Waals surface area contributed by atoms with Gasteiger partial charge < -0.3 is 20.6 Å². The van der Waals surface area contributed by atoms with Gasteiger partial charge in [0, 0.05) is 16.5 Å². The van der Waals surface area contributed by atoms with Crippen LogP contribution >= 0.6 is 0 Å². The van der Waals surface area contributed by atoms with Crippen LogP contribution in [0, 0.1) is 12.7 Å². The van der Waals surface area contributed by atoms with Gasteiger partial charge in [0.05, 0.1) is 17.3 Å². The molecule has 0 aliphatic rings. The molecule has 0 atom stereocenters. The summed E-state index contributed by atoms with van der Waals surface area (Å²) in [5, 5.41) is 16.9. The Kier molecular flexibility index (Phi) is 4.27. The molecule has 8 nitrogen and oxygen atoms in total. The van der Waals surface area contributed by atoms with Crippen LogP contribution in [0.4, 0.5) is 10.1 Å². The van der Waals surface area contributed by atoms with Crippen molar-refractivity contribution >= 4 is 27.6 Å². The summed E-state index contributed by atoms with van der Waals surface area (Å²) in [6.07, 6.45) is 1.47. The first kappa shape index (κ1) is 18.9. The number of anilines is 1. The number of nitrogens with one attached hydrogen (secondary N) is 2. The highest BCUT2D eigenvalue weighted by Gasteiger charge is 2.20. The molecular formula is C20H20FN5O3. The standard InChI is InChI=1S/C20H20FN5O3/c1-9-6-13-17(25-19(9)29-8-20(2,3)28)14(15(22)18(27)24-13)10-4-5-12(21)16-11(10)7-23-26-16/h4-7,28H,8,22H2,1-3H3,(H,23,26)(H,24,27). The van der Waals surface area contributed by atoms with E-state index >= 15 is 0 Å². The summed E-state index contributed by atoms with van der Waals surface area (Å²) in [6.45, 7) is 5.06. The van der Waals surface area contributed by atoms with E-state index in [1.807, 2.05) is 0 Å². The summed E-state index contributed by atoms with van der Waals surface area (Å²) < 4.78 is 19.8. The number of fused-ring (bicyclic) bond motifs is 2. The molecule has 0 saturated carbocycles. The van der Waals surface area contributed by atoms with Crippen molar-refractivity contribution in [3.63, 3.8) is 0 Å². The molecule has 0 spiro atoms. The third kappa shape index (κ3) is 3.29. The van der Waals surface area contributed by atoms with Crippen LogP contribution in [-0.2, 0) is 0 Å². The number of aromatic nitrogens is 4. The van der Waals surface area contributed by atoms with Crippen molar-refractivity contribution in [2.75, 3.05) is 12.3 Å². The topological polar surface area (TPSA) is 130 Å². The Morgan fingerprint density at radius 1 is 1.34 bits per heavy atom. The van der Waals surface area contributed by atoms with E-state index in [0.717, 1.165) is 0 Å². The predicted octanol–water partition coefficient (Wildman–Crippen LogP) is 2.65. The number of halogens is 1. The summed E-state index contributed by atoms with van der Waals surface area (Å²) in [6, 6.07) is 4.54. The van der Waals surface area contributed by atoms with Gasteiger partial charge >= 0.3 is 0 Å². The number of hydrogen-bond donors (Lipinski definition) is 4. The molecule has 0 radical (unpaired) electrons. The maximum absolute atomic E-state index is 14.1. The van der Waals surface area contributed by atoms with Crippen LogP contribution in [0.5, 0.6) is 5.88 Å². The zero-order valence-electron chi connectivity index (χ0n) is 16.1. The number of benzene rings is 1. The molecule has 0 bridgehead atoms. The molecule has 0 amide bonds. The minimum atomic E-state index is -1.05. The van der Waals surface area contributed by atoms with Gasteiger partial charge in [0.25, 0.3) is 5.56 Å². The van der Waals surface area contributed by atoms with Crippen LogP contribution in [0.2, 0.25) is 0 Å². The molecular weight excluding hydrogens is 377 g/mol. The van der Waals surface area contributed by atoms with Crippen molar-refractivity contribution in [2.24, 2.45) is 0 Å². The Bertz CT molecular complexity index is 1300. The van der Waals surface area contributed by atoms with E-state index in [1.165, 1.54) is 18.3 Å². The maximum Gasteiger partial charge on any atom is 0.272 e. The van der Waals surface area contributed by atoms with E-state index in [4.69, 9.17) is 10.5 Å². The second-order valence-corrected chi connectivity index (χ2v) is 7.60. The first-order chi connectivity index (χ1) is 13.7. The van der Waals surface area contributed by atoms with Crippen LogP contribution in [0.15, 0.2) is 29.2 Å². The van der Waals surface area contributed by atoms with Crippen molar-refractivity contribution in [1.29, 1.82) is 0 Å². The summed E-state index contributed by atoms with van der Waals surface area (Å²) in [7, 11) is 0. The predicted molar refractivity (Wildman–Crippen MR) is 108 cm³/mol. The largest absolute Gasteiger partial charge is 0.474 e. The van der Waals surface area contributed by atoms with Gasteiger partial charge in [0.2, 0.25) is 5.88 Å². The monoisotopic (exact) mass is 397 g/mol. The summed E-state index contributed by atoms with van der Waals surface area (Å²) in [5.41, 5.74) is 7.20. The fourth-order valence-electron chi connectivity index (χ4n) is 3.20. The normalized spacial score (nSPS) is 12.0. The number of nitrogen functional groups attached to an aromatic ring is 1. The van der Waals surface area contributed by atoms with Gasteiger partial charge in [-0.2, -0.15) is 5.10 Å². The second-order valence-electron chi connectivity index (χ2n) is 7.60. The fourth-order valence-corrected chi connectivity index (χ4v) is 3.20. The lowest BCUT2D eigenvalue weighted by molar-refractivity contribution is 0.0267. The average Bonchev–Trinajstić information content (AvgIpc) is 3.13. The average molecular weight is 397 g/mol. The molecule has 0 saturated heterocycles. The maximum atomic E-state index is 14.1.